The van der Waals surface area contributed by atoms with E-state index < -0.39 is 16.7 Å². The number of nitrogens with one attached hydrogen (secondary N) is 2. The van der Waals surface area contributed by atoms with Gasteiger partial charge in [-0.05, 0) is 42.0 Å². The predicted octanol–water partition coefficient (Wildman–Crippen LogP) is 3.25. The SMILES string of the molecule is O=C(/C=C/c1ccc([N+](=O)[O-])cc1)NNC(=O)COc1ccc(Br)cc1Cl. The largest absolute Gasteiger partial charge is 0.482 e. The molecule has 2 rings (SSSR count). The maximum absolute atomic E-state index is 11.7. The maximum Gasteiger partial charge on any atom is 0.276 e. The van der Waals surface area contributed by atoms with Crippen molar-refractivity contribution >= 4 is 51.1 Å². The Balaban J connectivity index is 1.77. The molecule has 27 heavy (non-hydrogen) atoms. The zero-order valence-corrected chi connectivity index (χ0v) is 16.0. The van der Waals surface area contributed by atoms with Crippen molar-refractivity contribution in [1.82, 2.24) is 10.9 Å². The van der Waals surface area contributed by atoms with Crippen LogP contribution in [0.3, 0.4) is 0 Å². The summed E-state index contributed by atoms with van der Waals surface area (Å²) in [6.07, 6.45) is 2.62. The fourth-order valence-corrected chi connectivity index (χ4v) is 2.55. The van der Waals surface area contributed by atoms with E-state index in [-0.39, 0.29) is 12.3 Å². The normalized spacial score (nSPS) is 10.4. The smallest absolute Gasteiger partial charge is 0.276 e. The second kappa shape index (κ2) is 9.70. The van der Waals surface area contributed by atoms with Crippen LogP contribution in [0.5, 0.6) is 5.75 Å². The summed E-state index contributed by atoms with van der Waals surface area (Å²) in [5.74, 6) is -0.825. The van der Waals surface area contributed by atoms with E-state index in [4.69, 9.17) is 16.3 Å². The lowest BCUT2D eigenvalue weighted by atomic mass is 10.2. The number of non-ortho nitro benzene ring substituents is 1. The summed E-state index contributed by atoms with van der Waals surface area (Å²) < 4.78 is 6.03. The van der Waals surface area contributed by atoms with Crippen molar-refractivity contribution in [3.8, 4) is 5.75 Å². The van der Waals surface area contributed by atoms with Gasteiger partial charge in [-0.2, -0.15) is 0 Å². The lowest BCUT2D eigenvalue weighted by Crippen LogP contribution is -2.43. The van der Waals surface area contributed by atoms with Crippen molar-refractivity contribution in [3.63, 3.8) is 0 Å². The Morgan fingerprint density at radius 1 is 1.19 bits per heavy atom. The van der Waals surface area contributed by atoms with Gasteiger partial charge < -0.3 is 4.74 Å². The highest BCUT2D eigenvalue weighted by Crippen LogP contribution is 2.27. The number of halogens is 2. The number of ether oxygens (including phenoxy) is 1. The van der Waals surface area contributed by atoms with Gasteiger partial charge in [-0.25, -0.2) is 0 Å². The molecule has 0 bridgehead atoms. The minimum absolute atomic E-state index is 0.0465. The second-order valence-corrected chi connectivity index (χ2v) is 6.41. The molecule has 8 nitrogen and oxygen atoms in total. The van der Waals surface area contributed by atoms with Crippen LogP contribution in [0, 0.1) is 10.1 Å². The molecule has 0 fully saturated rings. The van der Waals surface area contributed by atoms with E-state index in [9.17, 15) is 19.7 Å². The summed E-state index contributed by atoms with van der Waals surface area (Å²) in [6, 6.07) is 10.6. The first-order chi connectivity index (χ1) is 12.8. The number of nitrogens with zero attached hydrogens (tertiary/aromatic N) is 1. The van der Waals surface area contributed by atoms with Crippen LogP contribution in [0.2, 0.25) is 5.02 Å². The van der Waals surface area contributed by atoms with E-state index >= 15 is 0 Å². The average molecular weight is 455 g/mol. The van der Waals surface area contributed by atoms with Crippen LogP contribution in [0.1, 0.15) is 5.56 Å². The fourth-order valence-electron chi connectivity index (χ4n) is 1.82. The van der Waals surface area contributed by atoms with Crippen LogP contribution in [0.25, 0.3) is 6.08 Å². The quantitative estimate of drug-likeness (QED) is 0.395. The van der Waals surface area contributed by atoms with Gasteiger partial charge in [0.25, 0.3) is 17.5 Å². The third kappa shape index (κ3) is 6.72. The standard InChI is InChI=1S/C17H13BrClN3O5/c18-12-4-7-15(14(19)9-12)27-10-17(24)21-20-16(23)8-3-11-1-5-13(6-2-11)22(25)26/h1-9H,10H2,(H,20,23)(H,21,24)/b8-3+. The third-order valence-electron chi connectivity index (χ3n) is 3.11. The number of amides is 2. The van der Waals surface area contributed by atoms with Gasteiger partial charge >= 0.3 is 0 Å². The molecule has 0 aliphatic heterocycles. The molecule has 2 aromatic carbocycles. The molecule has 0 spiro atoms. The first-order valence-corrected chi connectivity index (χ1v) is 8.61. The van der Waals surface area contributed by atoms with Crippen LogP contribution < -0.4 is 15.6 Å². The van der Waals surface area contributed by atoms with E-state index in [1.54, 1.807) is 18.2 Å². The van der Waals surface area contributed by atoms with Gasteiger partial charge in [0.05, 0.1) is 9.95 Å². The van der Waals surface area contributed by atoms with E-state index in [2.05, 4.69) is 26.8 Å². The van der Waals surface area contributed by atoms with Gasteiger partial charge in [0.1, 0.15) is 5.75 Å². The zero-order valence-electron chi connectivity index (χ0n) is 13.6. The van der Waals surface area contributed by atoms with Crippen LogP contribution in [-0.4, -0.2) is 23.3 Å². The number of carbonyl (C=O) groups excluding carboxylic acids is 2. The Bertz CT molecular complexity index is 887. The molecule has 0 aromatic heterocycles. The molecule has 10 heteroatoms. The summed E-state index contributed by atoms with van der Waals surface area (Å²) in [7, 11) is 0. The molecule has 140 valence electrons. The Morgan fingerprint density at radius 3 is 2.52 bits per heavy atom. The van der Waals surface area contributed by atoms with Gasteiger partial charge in [0, 0.05) is 22.7 Å². The number of nitro benzene ring substituents is 1. The summed E-state index contributed by atoms with van der Waals surface area (Å²) >= 11 is 9.22. The number of hydrogen-bond acceptors (Lipinski definition) is 5. The number of nitro groups is 1. The van der Waals surface area contributed by atoms with E-state index in [0.717, 1.165) is 4.47 Å². The molecule has 0 atom stereocenters. The average Bonchev–Trinajstić information content (AvgIpc) is 2.64. The Morgan fingerprint density at radius 2 is 1.89 bits per heavy atom. The van der Waals surface area contributed by atoms with Crippen LogP contribution in [0.15, 0.2) is 53.0 Å². The highest BCUT2D eigenvalue weighted by atomic mass is 79.9. The molecule has 0 saturated heterocycles. The summed E-state index contributed by atoms with van der Waals surface area (Å²) in [4.78, 5) is 33.4. The molecule has 0 aliphatic rings. The first kappa shape index (κ1) is 20.4. The topological polar surface area (TPSA) is 111 Å². The van der Waals surface area contributed by atoms with Crippen LogP contribution in [-0.2, 0) is 9.59 Å². The minimum Gasteiger partial charge on any atom is -0.482 e. The monoisotopic (exact) mass is 453 g/mol. The Kier molecular flexibility index (Phi) is 7.33. The van der Waals surface area contributed by atoms with Crippen LogP contribution >= 0.6 is 27.5 Å². The number of rotatable bonds is 6. The molecule has 2 N–H and O–H groups in total. The Labute approximate surface area is 167 Å². The minimum atomic E-state index is -0.580. The third-order valence-corrected chi connectivity index (χ3v) is 3.90. The summed E-state index contributed by atoms with van der Waals surface area (Å²) in [6.45, 7) is -0.340. The highest BCUT2D eigenvalue weighted by Gasteiger charge is 2.07. The maximum atomic E-state index is 11.7. The van der Waals surface area contributed by atoms with Gasteiger partial charge in [-0.3, -0.25) is 30.6 Å². The van der Waals surface area contributed by atoms with E-state index in [1.165, 1.54) is 36.4 Å². The molecule has 0 unspecified atom stereocenters. The highest BCUT2D eigenvalue weighted by molar-refractivity contribution is 9.10. The molecule has 0 saturated carbocycles. The fraction of sp³-hybridized carbons (Fsp3) is 0.0588. The molecule has 0 aliphatic carbocycles. The predicted molar refractivity (Wildman–Crippen MR) is 103 cm³/mol. The second-order valence-electron chi connectivity index (χ2n) is 5.08. The number of hydrazine groups is 1. The lowest BCUT2D eigenvalue weighted by Gasteiger charge is -2.09. The van der Waals surface area contributed by atoms with Crippen molar-refractivity contribution < 1.29 is 19.2 Å². The molecule has 0 heterocycles. The van der Waals surface area contributed by atoms with Crippen molar-refractivity contribution in [2.75, 3.05) is 6.61 Å². The molecule has 0 radical (unpaired) electrons. The van der Waals surface area contributed by atoms with Crippen molar-refractivity contribution in [1.29, 1.82) is 0 Å². The van der Waals surface area contributed by atoms with Crippen LogP contribution in [0.4, 0.5) is 5.69 Å². The lowest BCUT2D eigenvalue weighted by molar-refractivity contribution is -0.384. The van der Waals surface area contributed by atoms with Gasteiger partial charge in [-0.1, -0.05) is 27.5 Å². The van der Waals surface area contributed by atoms with E-state index in [1.807, 2.05) is 0 Å². The van der Waals surface area contributed by atoms with Crippen molar-refractivity contribution in [3.05, 3.63) is 73.7 Å². The zero-order chi connectivity index (χ0) is 19.8. The summed E-state index contributed by atoms with van der Waals surface area (Å²) in [5.41, 5.74) is 4.92. The van der Waals surface area contributed by atoms with Gasteiger partial charge in [0.2, 0.25) is 0 Å². The van der Waals surface area contributed by atoms with Gasteiger partial charge in [0.15, 0.2) is 6.61 Å². The molecule has 2 aromatic rings. The first-order valence-electron chi connectivity index (χ1n) is 7.44. The summed E-state index contributed by atoms with van der Waals surface area (Å²) in [5, 5.41) is 10.9. The Hall–Kier alpha value is -2.91. The van der Waals surface area contributed by atoms with Crippen molar-refractivity contribution in [2.45, 2.75) is 0 Å². The van der Waals surface area contributed by atoms with Gasteiger partial charge in [-0.15, -0.1) is 0 Å². The number of benzene rings is 2. The van der Waals surface area contributed by atoms with E-state index in [0.29, 0.717) is 16.3 Å². The number of hydrogen-bond donors (Lipinski definition) is 2. The molecule has 2 amide bonds. The molecular formula is C17H13BrClN3O5. The molecular weight excluding hydrogens is 442 g/mol. The van der Waals surface area contributed by atoms with Crippen molar-refractivity contribution in [2.24, 2.45) is 0 Å². The number of carbonyl (C=O) groups is 2.